The van der Waals surface area contributed by atoms with Gasteiger partial charge in [0.15, 0.2) is 0 Å². The van der Waals surface area contributed by atoms with Gasteiger partial charge in [-0.15, -0.1) is 16.7 Å². The maximum absolute atomic E-state index is 6.03. The fraction of sp³-hybridized carbons (Fsp3) is 0.111. The minimum Gasteiger partial charge on any atom is -0.215 e. The zero-order chi connectivity index (χ0) is 10.8. The highest BCUT2D eigenvalue weighted by Crippen LogP contribution is 2.24. The number of rotatable bonds is 2. The summed E-state index contributed by atoms with van der Waals surface area (Å²) in [5, 5.41) is 8.81. The van der Waals surface area contributed by atoms with Gasteiger partial charge in [0, 0.05) is 5.02 Å². The first-order valence-electron chi connectivity index (χ1n) is 4.13. The number of alkyl halides is 1. The van der Waals surface area contributed by atoms with Gasteiger partial charge in [-0.25, -0.2) is 4.68 Å². The topological polar surface area (TPSA) is 30.7 Å². The Morgan fingerprint density at radius 2 is 2.07 bits per heavy atom. The lowest BCUT2D eigenvalue weighted by molar-refractivity contribution is 0.781. The van der Waals surface area contributed by atoms with Crippen molar-refractivity contribution in [3.05, 3.63) is 40.1 Å². The van der Waals surface area contributed by atoms with Crippen LogP contribution < -0.4 is 0 Å². The minimum absolute atomic E-state index is 0.315. The minimum atomic E-state index is 0.315. The van der Waals surface area contributed by atoms with Crippen LogP contribution in [0.15, 0.2) is 24.4 Å². The maximum atomic E-state index is 6.03. The molecule has 0 saturated carbocycles. The maximum Gasteiger partial charge on any atom is 0.0868 e. The van der Waals surface area contributed by atoms with Crippen molar-refractivity contribution in [2.45, 2.75) is 5.88 Å². The molecule has 0 N–H and O–H groups in total. The molecule has 0 bridgehead atoms. The third kappa shape index (κ3) is 2.09. The van der Waals surface area contributed by atoms with Crippen LogP contribution in [0.4, 0.5) is 0 Å². The molecule has 78 valence electrons. The lowest BCUT2D eigenvalue weighted by Crippen LogP contribution is -2.01. The highest BCUT2D eigenvalue weighted by atomic mass is 35.5. The molecule has 2 aromatic rings. The largest absolute Gasteiger partial charge is 0.215 e. The molecule has 0 spiro atoms. The molecular formula is C9H6Cl3N3. The molecule has 1 heterocycles. The molecule has 15 heavy (non-hydrogen) atoms. The van der Waals surface area contributed by atoms with Gasteiger partial charge in [-0.3, -0.25) is 0 Å². The first-order chi connectivity index (χ1) is 7.22. The van der Waals surface area contributed by atoms with Gasteiger partial charge in [0.1, 0.15) is 0 Å². The molecule has 0 aliphatic heterocycles. The van der Waals surface area contributed by atoms with E-state index in [1.807, 2.05) is 0 Å². The van der Waals surface area contributed by atoms with Gasteiger partial charge in [-0.1, -0.05) is 28.4 Å². The van der Waals surface area contributed by atoms with Crippen LogP contribution in [0.5, 0.6) is 0 Å². The Kier molecular flexibility index (Phi) is 3.14. The van der Waals surface area contributed by atoms with Crippen molar-refractivity contribution in [1.82, 2.24) is 15.0 Å². The number of benzene rings is 1. The van der Waals surface area contributed by atoms with Gasteiger partial charge in [0.2, 0.25) is 0 Å². The molecule has 0 amide bonds. The Bertz CT molecular complexity index is 481. The van der Waals surface area contributed by atoms with Gasteiger partial charge >= 0.3 is 0 Å². The van der Waals surface area contributed by atoms with Crippen LogP contribution in [0.2, 0.25) is 10.0 Å². The molecule has 0 saturated heterocycles. The van der Waals surface area contributed by atoms with Gasteiger partial charge in [-0.2, -0.15) is 0 Å². The Labute approximate surface area is 102 Å². The van der Waals surface area contributed by atoms with Crippen LogP contribution in [-0.4, -0.2) is 15.0 Å². The molecule has 1 aromatic carbocycles. The number of hydrogen-bond donors (Lipinski definition) is 0. The first kappa shape index (κ1) is 10.7. The lowest BCUT2D eigenvalue weighted by atomic mass is 10.3. The zero-order valence-corrected chi connectivity index (χ0v) is 9.76. The summed E-state index contributed by atoms with van der Waals surface area (Å²) in [6.45, 7) is 0. The van der Waals surface area contributed by atoms with E-state index in [1.165, 1.54) is 0 Å². The second-order valence-electron chi connectivity index (χ2n) is 2.87. The molecule has 1 aromatic heterocycles. The van der Waals surface area contributed by atoms with E-state index in [1.54, 1.807) is 29.1 Å². The number of hydrogen-bond acceptors (Lipinski definition) is 2. The summed E-state index contributed by atoms with van der Waals surface area (Å²) in [7, 11) is 0. The quantitative estimate of drug-likeness (QED) is 0.777. The van der Waals surface area contributed by atoms with Gasteiger partial charge in [0.25, 0.3) is 0 Å². The van der Waals surface area contributed by atoms with E-state index in [0.717, 1.165) is 5.69 Å². The second-order valence-corrected chi connectivity index (χ2v) is 3.98. The van der Waals surface area contributed by atoms with E-state index in [9.17, 15) is 0 Å². The third-order valence-corrected chi connectivity index (χ3v) is 2.72. The molecule has 0 radical (unpaired) electrons. The zero-order valence-electron chi connectivity index (χ0n) is 7.49. The molecule has 3 nitrogen and oxygen atoms in total. The summed E-state index contributed by atoms with van der Waals surface area (Å²) in [6.07, 6.45) is 1.59. The Morgan fingerprint density at radius 1 is 1.27 bits per heavy atom. The predicted molar refractivity (Wildman–Crippen MR) is 60.9 cm³/mol. The number of aromatic nitrogens is 3. The molecule has 2 rings (SSSR count). The van der Waals surface area contributed by atoms with E-state index in [-0.39, 0.29) is 0 Å². The molecule has 0 atom stereocenters. The molecule has 0 unspecified atom stereocenters. The van der Waals surface area contributed by atoms with Gasteiger partial charge in [-0.05, 0) is 18.2 Å². The van der Waals surface area contributed by atoms with E-state index in [4.69, 9.17) is 34.8 Å². The summed E-state index contributed by atoms with van der Waals surface area (Å²) in [6, 6.07) is 5.14. The van der Waals surface area contributed by atoms with E-state index in [2.05, 4.69) is 10.3 Å². The first-order valence-corrected chi connectivity index (χ1v) is 5.42. The summed E-state index contributed by atoms with van der Waals surface area (Å²) in [4.78, 5) is 0. The highest BCUT2D eigenvalue weighted by Gasteiger charge is 2.09. The van der Waals surface area contributed by atoms with Crippen molar-refractivity contribution >= 4 is 34.8 Å². The summed E-state index contributed by atoms with van der Waals surface area (Å²) in [5.74, 6) is 0.315. The Morgan fingerprint density at radius 3 is 2.80 bits per heavy atom. The fourth-order valence-electron chi connectivity index (χ4n) is 1.20. The Balaban J connectivity index is 2.58. The second kappa shape index (κ2) is 4.39. The SMILES string of the molecule is ClCc1cnnn1-c1cc(Cl)ccc1Cl. The third-order valence-electron chi connectivity index (χ3n) is 1.89. The summed E-state index contributed by atoms with van der Waals surface area (Å²) < 4.78 is 1.57. The van der Waals surface area contributed by atoms with Crippen molar-refractivity contribution in [2.75, 3.05) is 0 Å². The lowest BCUT2D eigenvalue weighted by Gasteiger charge is -2.06. The average Bonchev–Trinajstić information content (AvgIpc) is 2.69. The van der Waals surface area contributed by atoms with Crippen molar-refractivity contribution in [2.24, 2.45) is 0 Å². The average molecular weight is 263 g/mol. The van der Waals surface area contributed by atoms with Crippen molar-refractivity contribution in [3.8, 4) is 5.69 Å². The van der Waals surface area contributed by atoms with Crippen LogP contribution in [0, 0.1) is 0 Å². The standard InChI is InChI=1S/C9H6Cl3N3/c10-4-7-5-13-14-15(7)9-3-6(11)1-2-8(9)12/h1-3,5H,4H2. The van der Waals surface area contributed by atoms with Crippen molar-refractivity contribution < 1.29 is 0 Å². The van der Waals surface area contributed by atoms with Crippen LogP contribution in [0.25, 0.3) is 5.69 Å². The molecular weight excluding hydrogens is 256 g/mol. The van der Waals surface area contributed by atoms with Crippen LogP contribution in [0.1, 0.15) is 5.69 Å². The van der Waals surface area contributed by atoms with E-state index >= 15 is 0 Å². The fourth-order valence-corrected chi connectivity index (χ4v) is 1.74. The van der Waals surface area contributed by atoms with Crippen molar-refractivity contribution in [3.63, 3.8) is 0 Å². The monoisotopic (exact) mass is 261 g/mol. The number of nitrogens with zero attached hydrogens (tertiary/aromatic N) is 3. The summed E-state index contributed by atoms with van der Waals surface area (Å²) in [5.41, 5.74) is 1.44. The van der Waals surface area contributed by atoms with Crippen LogP contribution in [-0.2, 0) is 5.88 Å². The summed E-state index contributed by atoms with van der Waals surface area (Å²) >= 11 is 17.6. The molecule has 0 aliphatic carbocycles. The molecule has 6 heteroatoms. The molecule has 0 fully saturated rings. The predicted octanol–water partition coefficient (Wildman–Crippen LogP) is 3.31. The van der Waals surface area contributed by atoms with Gasteiger partial charge in [0.05, 0.1) is 28.5 Å². The number of halogens is 3. The van der Waals surface area contributed by atoms with Crippen LogP contribution in [0.3, 0.4) is 0 Å². The Hall–Kier alpha value is -0.770. The van der Waals surface area contributed by atoms with Crippen LogP contribution >= 0.6 is 34.8 Å². The van der Waals surface area contributed by atoms with E-state index < -0.39 is 0 Å². The van der Waals surface area contributed by atoms with E-state index in [0.29, 0.717) is 21.6 Å². The van der Waals surface area contributed by atoms with Gasteiger partial charge < -0.3 is 0 Å². The highest BCUT2D eigenvalue weighted by molar-refractivity contribution is 6.34. The normalized spacial score (nSPS) is 10.6. The molecule has 0 aliphatic rings. The smallest absolute Gasteiger partial charge is 0.0868 e. The van der Waals surface area contributed by atoms with Crippen molar-refractivity contribution in [1.29, 1.82) is 0 Å².